The molecular weight excluding hydrogens is 278 g/mol. The predicted octanol–water partition coefficient (Wildman–Crippen LogP) is 1.39. The van der Waals surface area contributed by atoms with Crippen molar-refractivity contribution >= 4 is 11.7 Å². The number of aromatic amines is 1. The van der Waals surface area contributed by atoms with Gasteiger partial charge in [0, 0.05) is 30.4 Å². The van der Waals surface area contributed by atoms with Gasteiger partial charge in [0.1, 0.15) is 5.82 Å². The molecule has 6 nitrogen and oxygen atoms in total. The summed E-state index contributed by atoms with van der Waals surface area (Å²) < 4.78 is 0. The number of pyridine rings is 1. The number of primary amides is 1. The number of carbonyl (C=O) groups is 1. The zero-order chi connectivity index (χ0) is 15.2. The SMILES string of the molecule is NC(=O)c1ccc(N2CCCC3(CCc4cn[nH]c43)C2)nc1. The Morgan fingerprint density at radius 2 is 2.23 bits per heavy atom. The Balaban J connectivity index is 1.60. The molecule has 2 aliphatic rings. The molecule has 1 fully saturated rings. The lowest BCUT2D eigenvalue weighted by Gasteiger charge is -2.41. The van der Waals surface area contributed by atoms with Crippen LogP contribution in [-0.2, 0) is 11.8 Å². The first-order chi connectivity index (χ1) is 10.7. The Hall–Kier alpha value is -2.37. The molecule has 3 heterocycles. The maximum absolute atomic E-state index is 11.2. The van der Waals surface area contributed by atoms with Gasteiger partial charge in [0.05, 0.1) is 11.8 Å². The fourth-order valence-electron chi connectivity index (χ4n) is 3.91. The van der Waals surface area contributed by atoms with Gasteiger partial charge in [0.2, 0.25) is 5.91 Å². The number of amides is 1. The lowest BCUT2D eigenvalue weighted by molar-refractivity contribution is 0.1000. The number of aromatic nitrogens is 3. The molecule has 0 aromatic carbocycles. The van der Waals surface area contributed by atoms with Crippen LogP contribution in [0.15, 0.2) is 24.5 Å². The van der Waals surface area contributed by atoms with E-state index in [0.717, 1.165) is 31.7 Å². The van der Waals surface area contributed by atoms with Gasteiger partial charge < -0.3 is 10.6 Å². The maximum Gasteiger partial charge on any atom is 0.250 e. The zero-order valence-corrected chi connectivity index (χ0v) is 12.4. The summed E-state index contributed by atoms with van der Waals surface area (Å²) in [5.74, 6) is 0.476. The van der Waals surface area contributed by atoms with Crippen molar-refractivity contribution in [3.63, 3.8) is 0 Å². The van der Waals surface area contributed by atoms with Gasteiger partial charge in [-0.25, -0.2) is 4.98 Å². The number of hydrogen-bond acceptors (Lipinski definition) is 4. The third-order valence-corrected chi connectivity index (χ3v) is 5.05. The number of H-pyrrole nitrogens is 1. The highest BCUT2D eigenvalue weighted by Gasteiger charge is 2.43. The fraction of sp³-hybridized carbons (Fsp3) is 0.438. The molecule has 3 N–H and O–H groups in total. The molecule has 2 aromatic rings. The second kappa shape index (κ2) is 4.83. The average molecular weight is 297 g/mol. The van der Waals surface area contributed by atoms with Crippen molar-refractivity contribution in [1.29, 1.82) is 0 Å². The number of carbonyl (C=O) groups excluding carboxylic acids is 1. The van der Waals surface area contributed by atoms with E-state index in [1.54, 1.807) is 12.3 Å². The molecule has 2 aromatic heterocycles. The van der Waals surface area contributed by atoms with Gasteiger partial charge in [0.15, 0.2) is 0 Å². The Morgan fingerprint density at radius 1 is 1.32 bits per heavy atom. The van der Waals surface area contributed by atoms with Gasteiger partial charge in [0.25, 0.3) is 0 Å². The molecule has 0 saturated carbocycles. The summed E-state index contributed by atoms with van der Waals surface area (Å²) in [5, 5.41) is 7.43. The molecule has 1 aliphatic carbocycles. The molecule has 1 saturated heterocycles. The summed E-state index contributed by atoms with van der Waals surface area (Å²) in [6.07, 6.45) is 8.13. The molecule has 0 radical (unpaired) electrons. The second-order valence-corrected chi connectivity index (χ2v) is 6.35. The van der Waals surface area contributed by atoms with E-state index in [-0.39, 0.29) is 5.41 Å². The van der Waals surface area contributed by atoms with E-state index >= 15 is 0 Å². The molecule has 1 spiro atoms. The number of nitrogens with one attached hydrogen (secondary N) is 1. The van der Waals surface area contributed by atoms with Gasteiger partial charge in [-0.1, -0.05) is 0 Å². The van der Waals surface area contributed by atoms with Gasteiger partial charge in [-0.05, 0) is 43.4 Å². The first-order valence-corrected chi connectivity index (χ1v) is 7.71. The largest absolute Gasteiger partial charge is 0.366 e. The summed E-state index contributed by atoms with van der Waals surface area (Å²) in [7, 11) is 0. The van der Waals surface area contributed by atoms with E-state index < -0.39 is 5.91 Å². The minimum Gasteiger partial charge on any atom is -0.366 e. The molecule has 1 unspecified atom stereocenters. The minimum atomic E-state index is -0.438. The van der Waals surface area contributed by atoms with E-state index in [1.807, 2.05) is 12.3 Å². The van der Waals surface area contributed by atoms with E-state index in [9.17, 15) is 4.79 Å². The Bertz CT molecular complexity index is 708. The van der Waals surface area contributed by atoms with Gasteiger partial charge >= 0.3 is 0 Å². The third kappa shape index (κ3) is 1.98. The normalized spacial score (nSPS) is 23.7. The monoisotopic (exact) mass is 297 g/mol. The van der Waals surface area contributed by atoms with E-state index in [0.29, 0.717) is 5.56 Å². The van der Waals surface area contributed by atoms with Crippen molar-refractivity contribution in [3.8, 4) is 0 Å². The highest BCUT2D eigenvalue weighted by Crippen LogP contribution is 2.44. The number of aryl methyl sites for hydroxylation is 1. The average Bonchev–Trinajstić information content (AvgIpc) is 3.13. The number of piperidine rings is 1. The number of nitrogens with two attached hydrogens (primary N) is 1. The van der Waals surface area contributed by atoms with Crippen molar-refractivity contribution in [2.24, 2.45) is 5.73 Å². The van der Waals surface area contributed by atoms with E-state index in [1.165, 1.54) is 24.1 Å². The lowest BCUT2D eigenvalue weighted by atomic mass is 9.77. The van der Waals surface area contributed by atoms with Crippen molar-refractivity contribution in [3.05, 3.63) is 41.3 Å². The summed E-state index contributed by atoms with van der Waals surface area (Å²) in [6, 6.07) is 3.64. The standard InChI is InChI=1S/C16H19N5O/c17-15(22)12-2-3-13(18-8-12)21-7-1-5-16(10-21)6-4-11-9-19-20-14(11)16/h2-3,8-9H,1,4-7,10H2,(H2,17,22)(H,19,20). The van der Waals surface area contributed by atoms with E-state index in [2.05, 4.69) is 20.1 Å². The molecule has 1 aliphatic heterocycles. The molecular formula is C16H19N5O. The molecule has 1 atom stereocenters. The smallest absolute Gasteiger partial charge is 0.250 e. The van der Waals surface area contributed by atoms with Crippen LogP contribution in [0.5, 0.6) is 0 Å². The maximum atomic E-state index is 11.2. The summed E-state index contributed by atoms with van der Waals surface area (Å²) >= 11 is 0. The van der Waals surface area contributed by atoms with Crippen LogP contribution in [0, 0.1) is 0 Å². The summed E-state index contributed by atoms with van der Waals surface area (Å²) in [5.41, 5.74) is 8.57. The van der Waals surface area contributed by atoms with Crippen LogP contribution in [0.2, 0.25) is 0 Å². The van der Waals surface area contributed by atoms with Crippen LogP contribution >= 0.6 is 0 Å². The highest BCUT2D eigenvalue weighted by molar-refractivity contribution is 5.92. The van der Waals surface area contributed by atoms with Gasteiger partial charge in [-0.3, -0.25) is 9.89 Å². The van der Waals surface area contributed by atoms with Crippen LogP contribution in [0.4, 0.5) is 5.82 Å². The van der Waals surface area contributed by atoms with Crippen molar-refractivity contribution in [2.45, 2.75) is 31.1 Å². The number of anilines is 1. The number of nitrogens with zero attached hydrogens (tertiary/aromatic N) is 3. The third-order valence-electron chi connectivity index (χ3n) is 5.05. The van der Waals surface area contributed by atoms with Crippen molar-refractivity contribution < 1.29 is 4.79 Å². The first-order valence-electron chi connectivity index (χ1n) is 7.71. The van der Waals surface area contributed by atoms with Gasteiger partial charge in [-0.15, -0.1) is 0 Å². The highest BCUT2D eigenvalue weighted by atomic mass is 16.1. The van der Waals surface area contributed by atoms with Crippen LogP contribution in [0.1, 0.15) is 40.9 Å². The summed E-state index contributed by atoms with van der Waals surface area (Å²) in [4.78, 5) is 17.9. The molecule has 4 rings (SSSR count). The zero-order valence-electron chi connectivity index (χ0n) is 12.4. The molecule has 114 valence electrons. The lowest BCUT2D eigenvalue weighted by Crippen LogP contribution is -2.45. The number of hydrogen-bond donors (Lipinski definition) is 2. The predicted molar refractivity (Wildman–Crippen MR) is 82.8 cm³/mol. The van der Waals surface area contributed by atoms with Crippen molar-refractivity contribution in [2.75, 3.05) is 18.0 Å². The minimum absolute atomic E-state index is 0.175. The first kappa shape index (κ1) is 13.3. The second-order valence-electron chi connectivity index (χ2n) is 6.35. The van der Waals surface area contributed by atoms with Gasteiger partial charge in [-0.2, -0.15) is 5.10 Å². The molecule has 22 heavy (non-hydrogen) atoms. The topological polar surface area (TPSA) is 87.9 Å². The summed E-state index contributed by atoms with van der Waals surface area (Å²) in [6.45, 7) is 1.94. The Morgan fingerprint density at radius 3 is 3.00 bits per heavy atom. The Kier molecular flexibility index (Phi) is 2.92. The Labute approximate surface area is 128 Å². The molecule has 6 heteroatoms. The number of rotatable bonds is 2. The van der Waals surface area contributed by atoms with E-state index in [4.69, 9.17) is 5.73 Å². The quantitative estimate of drug-likeness (QED) is 0.876. The fourth-order valence-corrected chi connectivity index (χ4v) is 3.91. The van der Waals surface area contributed by atoms with Crippen LogP contribution in [0.3, 0.4) is 0 Å². The molecule has 0 bridgehead atoms. The van der Waals surface area contributed by atoms with Crippen LogP contribution in [-0.4, -0.2) is 34.2 Å². The number of fused-ring (bicyclic) bond motifs is 2. The molecule has 1 amide bonds. The van der Waals surface area contributed by atoms with Crippen molar-refractivity contribution in [1.82, 2.24) is 15.2 Å². The van der Waals surface area contributed by atoms with Crippen LogP contribution < -0.4 is 10.6 Å². The van der Waals surface area contributed by atoms with Crippen LogP contribution in [0.25, 0.3) is 0 Å².